The highest BCUT2D eigenvalue weighted by Crippen LogP contribution is 2.56. The first kappa shape index (κ1) is 19.6. The third kappa shape index (κ3) is 2.75. The van der Waals surface area contributed by atoms with Gasteiger partial charge in [0.2, 0.25) is 0 Å². The fourth-order valence-corrected chi connectivity index (χ4v) is 7.01. The van der Waals surface area contributed by atoms with Crippen LogP contribution in [0.3, 0.4) is 0 Å². The maximum absolute atomic E-state index is 15.0. The fraction of sp³-hybridized carbons (Fsp3) is 0.400. The van der Waals surface area contributed by atoms with Crippen LogP contribution in [-0.4, -0.2) is 28.2 Å². The molecular formula is C20H19ClF2O4S. The van der Waals surface area contributed by atoms with Gasteiger partial charge in [-0.3, -0.25) is 0 Å². The SMILES string of the molecule is CO[C@H]1CC[C@]2(S(=O)(=O)c3ccc(Cl)cc3)c3c(F)ccc(F)c3OC[C@@H]2C1. The minimum absolute atomic E-state index is 0.0225. The van der Waals surface area contributed by atoms with E-state index < -0.39 is 32.1 Å². The normalized spacial score (nSPS) is 26.9. The van der Waals surface area contributed by atoms with E-state index in [0.717, 1.165) is 12.1 Å². The summed E-state index contributed by atoms with van der Waals surface area (Å²) in [6.45, 7) is -0.0277. The number of methoxy groups -OCH3 is 1. The number of halogens is 3. The largest absolute Gasteiger partial charge is 0.490 e. The molecule has 0 amide bonds. The zero-order valence-electron chi connectivity index (χ0n) is 15.1. The van der Waals surface area contributed by atoms with Crippen LogP contribution in [0.15, 0.2) is 41.3 Å². The first-order valence-electron chi connectivity index (χ1n) is 8.95. The van der Waals surface area contributed by atoms with Gasteiger partial charge in [-0.2, -0.15) is 0 Å². The van der Waals surface area contributed by atoms with E-state index >= 15 is 0 Å². The maximum Gasteiger partial charge on any atom is 0.188 e. The number of benzene rings is 2. The average molecular weight is 429 g/mol. The van der Waals surface area contributed by atoms with Gasteiger partial charge in [-0.25, -0.2) is 17.2 Å². The van der Waals surface area contributed by atoms with Gasteiger partial charge in [-0.05, 0) is 55.7 Å². The lowest BCUT2D eigenvalue weighted by molar-refractivity contribution is 0.0106. The Bertz CT molecular complexity index is 1010. The summed E-state index contributed by atoms with van der Waals surface area (Å²) in [5.74, 6) is -2.44. The lowest BCUT2D eigenvalue weighted by atomic mass is 9.72. The Morgan fingerprint density at radius 1 is 1.14 bits per heavy atom. The predicted octanol–water partition coefficient (Wildman–Crippen LogP) is 4.49. The molecule has 0 spiro atoms. The second kappa shape index (κ2) is 6.97. The molecule has 0 unspecified atom stereocenters. The fourth-order valence-electron chi connectivity index (χ4n) is 4.52. The number of hydrogen-bond donors (Lipinski definition) is 0. The smallest absolute Gasteiger partial charge is 0.188 e. The van der Waals surface area contributed by atoms with E-state index in [1.54, 1.807) is 7.11 Å². The van der Waals surface area contributed by atoms with Crippen LogP contribution in [0.4, 0.5) is 8.78 Å². The van der Waals surface area contributed by atoms with Crippen molar-refractivity contribution in [1.82, 2.24) is 0 Å². The molecule has 1 aliphatic heterocycles. The van der Waals surface area contributed by atoms with Crippen molar-refractivity contribution in [3.05, 3.63) is 58.6 Å². The van der Waals surface area contributed by atoms with Crippen LogP contribution >= 0.6 is 11.6 Å². The van der Waals surface area contributed by atoms with Gasteiger partial charge in [0, 0.05) is 18.1 Å². The molecule has 0 radical (unpaired) electrons. The van der Waals surface area contributed by atoms with E-state index in [0.29, 0.717) is 17.9 Å². The van der Waals surface area contributed by atoms with E-state index in [9.17, 15) is 17.2 Å². The molecule has 2 aromatic carbocycles. The van der Waals surface area contributed by atoms with E-state index in [2.05, 4.69) is 0 Å². The third-order valence-corrected chi connectivity index (χ3v) is 8.74. The van der Waals surface area contributed by atoms with Crippen LogP contribution < -0.4 is 4.74 Å². The number of hydrogen-bond acceptors (Lipinski definition) is 4. The second-order valence-electron chi connectivity index (χ2n) is 7.22. The molecule has 150 valence electrons. The predicted molar refractivity (Wildman–Crippen MR) is 100 cm³/mol. The minimum Gasteiger partial charge on any atom is -0.490 e. The molecule has 8 heteroatoms. The summed E-state index contributed by atoms with van der Waals surface area (Å²) in [5, 5.41) is 0.390. The molecule has 4 nitrogen and oxygen atoms in total. The summed E-state index contributed by atoms with van der Waals surface area (Å²) in [7, 11) is -2.53. The van der Waals surface area contributed by atoms with Crippen molar-refractivity contribution in [3.8, 4) is 5.75 Å². The van der Waals surface area contributed by atoms with E-state index in [1.165, 1.54) is 24.3 Å². The van der Waals surface area contributed by atoms with Crippen molar-refractivity contribution in [2.45, 2.75) is 35.0 Å². The maximum atomic E-state index is 15.0. The Morgan fingerprint density at radius 2 is 1.82 bits per heavy atom. The van der Waals surface area contributed by atoms with Gasteiger partial charge in [-0.1, -0.05) is 11.6 Å². The minimum atomic E-state index is -4.09. The van der Waals surface area contributed by atoms with Crippen LogP contribution in [0.25, 0.3) is 0 Å². The molecule has 0 N–H and O–H groups in total. The lowest BCUT2D eigenvalue weighted by Gasteiger charge is -2.48. The van der Waals surface area contributed by atoms with E-state index in [-0.39, 0.29) is 35.3 Å². The summed E-state index contributed by atoms with van der Waals surface area (Å²) >= 11 is 5.91. The second-order valence-corrected chi connectivity index (χ2v) is 9.86. The number of sulfone groups is 1. The van der Waals surface area contributed by atoms with Crippen molar-refractivity contribution in [3.63, 3.8) is 0 Å². The van der Waals surface area contributed by atoms with Gasteiger partial charge >= 0.3 is 0 Å². The van der Waals surface area contributed by atoms with Crippen LogP contribution in [-0.2, 0) is 19.3 Å². The van der Waals surface area contributed by atoms with Crippen LogP contribution in [0.5, 0.6) is 5.75 Å². The Hall–Kier alpha value is -1.70. The molecule has 3 atom stereocenters. The van der Waals surface area contributed by atoms with Crippen molar-refractivity contribution in [2.75, 3.05) is 13.7 Å². The highest BCUT2D eigenvalue weighted by Gasteiger charge is 2.59. The summed E-state index contributed by atoms with van der Waals surface area (Å²) in [5.41, 5.74) is -0.215. The first-order valence-corrected chi connectivity index (χ1v) is 10.8. The highest BCUT2D eigenvalue weighted by molar-refractivity contribution is 7.92. The van der Waals surface area contributed by atoms with Crippen LogP contribution in [0.2, 0.25) is 5.02 Å². The monoisotopic (exact) mass is 428 g/mol. The lowest BCUT2D eigenvalue weighted by Crippen LogP contribution is -2.53. The Morgan fingerprint density at radius 3 is 2.50 bits per heavy atom. The first-order chi connectivity index (χ1) is 13.3. The number of rotatable bonds is 3. The third-order valence-electron chi connectivity index (χ3n) is 5.89. The average Bonchev–Trinajstić information content (AvgIpc) is 2.69. The molecule has 1 saturated carbocycles. The quantitative estimate of drug-likeness (QED) is 0.722. The van der Waals surface area contributed by atoms with Crippen molar-refractivity contribution in [1.29, 1.82) is 0 Å². The Balaban J connectivity index is 1.99. The van der Waals surface area contributed by atoms with Gasteiger partial charge in [-0.15, -0.1) is 0 Å². The zero-order valence-corrected chi connectivity index (χ0v) is 16.7. The van der Waals surface area contributed by atoms with Crippen molar-refractivity contribution >= 4 is 21.4 Å². The van der Waals surface area contributed by atoms with Gasteiger partial charge in [0.25, 0.3) is 0 Å². The molecule has 4 rings (SSSR count). The Labute approximate surface area is 167 Å². The van der Waals surface area contributed by atoms with Crippen LogP contribution in [0, 0.1) is 17.6 Å². The van der Waals surface area contributed by atoms with Crippen LogP contribution in [0.1, 0.15) is 24.8 Å². The van der Waals surface area contributed by atoms with Gasteiger partial charge < -0.3 is 9.47 Å². The summed E-state index contributed by atoms with van der Waals surface area (Å²) in [4.78, 5) is 0.0225. The summed E-state index contributed by atoms with van der Waals surface area (Å²) < 4.78 is 66.4. The molecule has 0 bridgehead atoms. The molecule has 1 aliphatic carbocycles. The van der Waals surface area contributed by atoms with E-state index in [4.69, 9.17) is 21.1 Å². The number of ether oxygens (including phenoxy) is 2. The zero-order chi connectivity index (χ0) is 20.1. The molecule has 0 saturated heterocycles. The molecule has 1 fully saturated rings. The summed E-state index contributed by atoms with van der Waals surface area (Å²) in [6.07, 6.45) is 0.728. The number of fused-ring (bicyclic) bond motifs is 3. The molecular weight excluding hydrogens is 410 g/mol. The van der Waals surface area contributed by atoms with Crippen molar-refractivity contribution in [2.24, 2.45) is 5.92 Å². The van der Waals surface area contributed by atoms with Gasteiger partial charge in [0.15, 0.2) is 21.4 Å². The van der Waals surface area contributed by atoms with E-state index in [1.807, 2.05) is 0 Å². The molecule has 1 heterocycles. The van der Waals surface area contributed by atoms with Crippen molar-refractivity contribution < 1.29 is 26.7 Å². The Kier molecular flexibility index (Phi) is 4.88. The standard InChI is InChI=1S/C20H19ClF2O4S/c1-26-14-8-9-20(28(24,25)15-4-2-13(21)3-5-15)12(10-14)11-27-19-17(23)7-6-16(22)18(19)20/h2-7,12,14H,8-11H2,1H3/t12-,14-,20+/m0/s1. The summed E-state index contributed by atoms with van der Waals surface area (Å²) in [6, 6.07) is 7.67. The van der Waals surface area contributed by atoms with Gasteiger partial charge in [0.1, 0.15) is 10.6 Å². The highest BCUT2D eigenvalue weighted by atomic mass is 35.5. The molecule has 2 aromatic rings. The molecule has 28 heavy (non-hydrogen) atoms. The molecule has 2 aliphatic rings. The van der Waals surface area contributed by atoms with Gasteiger partial charge in [0.05, 0.1) is 23.2 Å². The topological polar surface area (TPSA) is 52.6 Å². The molecule has 0 aromatic heterocycles.